The van der Waals surface area contributed by atoms with Gasteiger partial charge >= 0.3 is 0 Å². The predicted octanol–water partition coefficient (Wildman–Crippen LogP) is 2.11. The summed E-state index contributed by atoms with van der Waals surface area (Å²) in [6.07, 6.45) is 3.49. The van der Waals surface area contributed by atoms with E-state index in [0.29, 0.717) is 50.0 Å². The van der Waals surface area contributed by atoms with E-state index in [2.05, 4.69) is 14.9 Å². The SMILES string of the molecule is Cc1ccc(C2=C(N3CCN(c4ncccn4)CC3)C(=O)N(CCOC(C)C)C2=O)cc1. The van der Waals surface area contributed by atoms with Crippen LogP contribution in [0.2, 0.25) is 0 Å². The van der Waals surface area contributed by atoms with Crippen LogP contribution in [0.25, 0.3) is 5.57 Å². The van der Waals surface area contributed by atoms with Crippen molar-refractivity contribution in [2.24, 2.45) is 0 Å². The van der Waals surface area contributed by atoms with Gasteiger partial charge in [-0.2, -0.15) is 0 Å². The number of carbonyl (C=O) groups is 2. The molecule has 2 aliphatic rings. The van der Waals surface area contributed by atoms with Crippen molar-refractivity contribution >= 4 is 23.3 Å². The van der Waals surface area contributed by atoms with Crippen LogP contribution in [0, 0.1) is 6.92 Å². The summed E-state index contributed by atoms with van der Waals surface area (Å²) < 4.78 is 5.60. The molecule has 168 valence electrons. The summed E-state index contributed by atoms with van der Waals surface area (Å²) in [7, 11) is 0. The third-order valence-corrected chi connectivity index (χ3v) is 5.68. The molecule has 0 radical (unpaired) electrons. The minimum Gasteiger partial charge on any atom is -0.377 e. The Bertz CT molecular complexity index is 996. The molecule has 0 N–H and O–H groups in total. The number of nitrogens with zero attached hydrogens (tertiary/aromatic N) is 5. The highest BCUT2D eigenvalue weighted by atomic mass is 16.5. The number of carbonyl (C=O) groups excluding carboxylic acids is 2. The van der Waals surface area contributed by atoms with Crippen LogP contribution in [0.5, 0.6) is 0 Å². The topological polar surface area (TPSA) is 78.9 Å². The smallest absolute Gasteiger partial charge is 0.277 e. The Morgan fingerprint density at radius 3 is 2.19 bits per heavy atom. The second kappa shape index (κ2) is 9.48. The Morgan fingerprint density at radius 2 is 1.56 bits per heavy atom. The van der Waals surface area contributed by atoms with Crippen LogP contribution >= 0.6 is 0 Å². The van der Waals surface area contributed by atoms with Crippen molar-refractivity contribution < 1.29 is 14.3 Å². The van der Waals surface area contributed by atoms with Crippen molar-refractivity contribution in [2.45, 2.75) is 26.9 Å². The lowest BCUT2D eigenvalue weighted by molar-refractivity contribution is -0.138. The predicted molar refractivity (Wildman–Crippen MR) is 122 cm³/mol. The molecule has 1 aromatic carbocycles. The highest BCUT2D eigenvalue weighted by Gasteiger charge is 2.42. The summed E-state index contributed by atoms with van der Waals surface area (Å²) in [6.45, 7) is 9.00. The molecule has 0 saturated carbocycles. The van der Waals surface area contributed by atoms with Crippen LogP contribution < -0.4 is 4.90 Å². The van der Waals surface area contributed by atoms with Crippen molar-refractivity contribution in [1.29, 1.82) is 0 Å². The van der Waals surface area contributed by atoms with Gasteiger partial charge in [0.1, 0.15) is 5.70 Å². The Labute approximate surface area is 188 Å². The summed E-state index contributed by atoms with van der Waals surface area (Å²) in [5, 5.41) is 0. The Hall–Kier alpha value is -3.26. The summed E-state index contributed by atoms with van der Waals surface area (Å²) >= 11 is 0. The van der Waals surface area contributed by atoms with Gasteiger partial charge in [0.05, 0.1) is 24.8 Å². The van der Waals surface area contributed by atoms with Crippen LogP contribution in [-0.4, -0.2) is 77.0 Å². The lowest BCUT2D eigenvalue weighted by atomic mass is 10.0. The molecule has 1 fully saturated rings. The third kappa shape index (κ3) is 4.50. The van der Waals surface area contributed by atoms with Gasteiger partial charge in [-0.25, -0.2) is 9.97 Å². The van der Waals surface area contributed by atoms with Gasteiger partial charge in [-0.15, -0.1) is 0 Å². The molecule has 3 heterocycles. The Morgan fingerprint density at radius 1 is 0.938 bits per heavy atom. The number of hydrogen-bond donors (Lipinski definition) is 0. The highest BCUT2D eigenvalue weighted by Crippen LogP contribution is 2.32. The molecule has 0 atom stereocenters. The number of hydrogen-bond acceptors (Lipinski definition) is 7. The molecule has 4 rings (SSSR count). The van der Waals surface area contributed by atoms with Gasteiger partial charge in [0.15, 0.2) is 0 Å². The van der Waals surface area contributed by atoms with E-state index in [9.17, 15) is 9.59 Å². The first-order chi connectivity index (χ1) is 15.5. The molecule has 0 unspecified atom stereocenters. The van der Waals surface area contributed by atoms with Crippen LogP contribution in [0.15, 0.2) is 48.4 Å². The molecule has 2 aromatic rings. The number of anilines is 1. The molecule has 0 bridgehead atoms. The van der Waals surface area contributed by atoms with Gasteiger partial charge in [-0.05, 0) is 32.4 Å². The van der Waals surface area contributed by atoms with Gasteiger partial charge in [0, 0.05) is 38.6 Å². The monoisotopic (exact) mass is 435 g/mol. The molecule has 2 amide bonds. The molecule has 0 aliphatic carbocycles. The largest absolute Gasteiger partial charge is 0.377 e. The lowest BCUT2D eigenvalue weighted by Crippen LogP contribution is -2.48. The molecular weight excluding hydrogens is 406 g/mol. The summed E-state index contributed by atoms with van der Waals surface area (Å²) in [5.41, 5.74) is 2.83. The molecule has 8 heteroatoms. The first kappa shape index (κ1) is 22.0. The fraction of sp³-hybridized carbons (Fsp3) is 0.417. The van der Waals surface area contributed by atoms with E-state index >= 15 is 0 Å². The second-order valence-electron chi connectivity index (χ2n) is 8.29. The maximum absolute atomic E-state index is 13.4. The van der Waals surface area contributed by atoms with Crippen molar-refractivity contribution in [1.82, 2.24) is 19.8 Å². The normalized spacial score (nSPS) is 17.2. The molecule has 32 heavy (non-hydrogen) atoms. The van der Waals surface area contributed by atoms with Crippen molar-refractivity contribution in [3.8, 4) is 0 Å². The fourth-order valence-electron chi connectivity index (χ4n) is 4.00. The first-order valence-corrected chi connectivity index (χ1v) is 11.0. The zero-order valence-electron chi connectivity index (χ0n) is 18.8. The zero-order chi connectivity index (χ0) is 22.7. The number of imide groups is 1. The van der Waals surface area contributed by atoms with E-state index < -0.39 is 0 Å². The van der Waals surface area contributed by atoms with Crippen molar-refractivity contribution in [3.05, 3.63) is 59.5 Å². The molecule has 1 aromatic heterocycles. The average Bonchev–Trinajstić information content (AvgIpc) is 3.05. The van der Waals surface area contributed by atoms with E-state index in [4.69, 9.17) is 4.74 Å². The van der Waals surface area contributed by atoms with Gasteiger partial charge in [0.2, 0.25) is 5.95 Å². The number of piperazine rings is 1. The molecule has 1 saturated heterocycles. The summed E-state index contributed by atoms with van der Waals surface area (Å²) in [6, 6.07) is 9.55. The Balaban J connectivity index is 1.59. The Kier molecular flexibility index (Phi) is 6.50. The molecule has 8 nitrogen and oxygen atoms in total. The number of rotatable bonds is 7. The quantitative estimate of drug-likeness (QED) is 0.617. The lowest BCUT2D eigenvalue weighted by Gasteiger charge is -2.36. The van der Waals surface area contributed by atoms with Gasteiger partial charge in [-0.1, -0.05) is 29.8 Å². The fourth-order valence-corrected chi connectivity index (χ4v) is 4.00. The molecule has 2 aliphatic heterocycles. The minimum absolute atomic E-state index is 0.0417. The van der Waals surface area contributed by atoms with Crippen LogP contribution in [0.4, 0.5) is 5.95 Å². The molecular formula is C24H29N5O3. The van der Waals surface area contributed by atoms with Crippen LogP contribution in [-0.2, 0) is 14.3 Å². The third-order valence-electron chi connectivity index (χ3n) is 5.68. The zero-order valence-corrected chi connectivity index (χ0v) is 18.8. The number of aromatic nitrogens is 2. The summed E-state index contributed by atoms with van der Waals surface area (Å²) in [5.74, 6) is 0.179. The number of aryl methyl sites for hydroxylation is 1. The van der Waals surface area contributed by atoms with E-state index in [-0.39, 0.29) is 24.5 Å². The highest BCUT2D eigenvalue weighted by molar-refractivity contribution is 6.35. The second-order valence-corrected chi connectivity index (χ2v) is 8.29. The first-order valence-electron chi connectivity index (χ1n) is 11.0. The van der Waals surface area contributed by atoms with Gasteiger partial charge in [0.25, 0.3) is 11.8 Å². The van der Waals surface area contributed by atoms with Gasteiger partial charge in [-0.3, -0.25) is 14.5 Å². The molecule has 0 spiro atoms. The standard InChI is InChI=1S/C24H29N5O3/c1-17(2)32-16-15-29-22(30)20(19-7-5-18(3)6-8-19)21(23(29)31)27-11-13-28(14-12-27)24-25-9-4-10-26-24/h4-10,17H,11-16H2,1-3H3. The van der Waals surface area contributed by atoms with Crippen LogP contribution in [0.1, 0.15) is 25.0 Å². The van der Waals surface area contributed by atoms with Crippen molar-refractivity contribution in [3.63, 3.8) is 0 Å². The minimum atomic E-state index is -0.255. The number of ether oxygens (including phenoxy) is 1. The number of benzene rings is 1. The van der Waals surface area contributed by atoms with Gasteiger partial charge < -0.3 is 14.5 Å². The summed E-state index contributed by atoms with van der Waals surface area (Å²) in [4.78, 5) is 40.8. The maximum Gasteiger partial charge on any atom is 0.277 e. The van der Waals surface area contributed by atoms with E-state index in [1.165, 1.54) is 4.90 Å². The van der Waals surface area contributed by atoms with Crippen molar-refractivity contribution in [2.75, 3.05) is 44.2 Å². The van der Waals surface area contributed by atoms with E-state index in [1.807, 2.05) is 49.9 Å². The van der Waals surface area contributed by atoms with E-state index in [0.717, 1.165) is 11.1 Å². The maximum atomic E-state index is 13.4. The number of amides is 2. The van der Waals surface area contributed by atoms with E-state index in [1.54, 1.807) is 18.5 Å². The average molecular weight is 436 g/mol. The van der Waals surface area contributed by atoms with Crippen LogP contribution in [0.3, 0.4) is 0 Å².